The third-order valence-electron chi connectivity index (χ3n) is 5.03. The molecule has 1 N–H and O–H groups in total. The second-order valence-corrected chi connectivity index (χ2v) is 6.98. The summed E-state index contributed by atoms with van der Waals surface area (Å²) in [5.74, 6) is -0.434. The van der Waals surface area contributed by atoms with Crippen LogP contribution < -0.4 is 5.32 Å². The number of rotatable bonds is 4. The Bertz CT molecular complexity index is 1000. The summed E-state index contributed by atoms with van der Waals surface area (Å²) in [6, 6.07) is 17.5. The van der Waals surface area contributed by atoms with E-state index in [-0.39, 0.29) is 24.2 Å². The molecule has 1 aliphatic rings. The van der Waals surface area contributed by atoms with E-state index >= 15 is 0 Å². The molecule has 0 saturated carbocycles. The molecule has 1 saturated heterocycles. The van der Waals surface area contributed by atoms with E-state index in [1.54, 1.807) is 11.1 Å². The van der Waals surface area contributed by atoms with Gasteiger partial charge in [-0.25, -0.2) is 0 Å². The van der Waals surface area contributed by atoms with Crippen LogP contribution in [0.2, 0.25) is 0 Å². The van der Waals surface area contributed by atoms with E-state index in [0.717, 1.165) is 27.7 Å². The summed E-state index contributed by atoms with van der Waals surface area (Å²) in [5.41, 5.74) is 3.75. The third kappa shape index (κ3) is 3.53. The fraction of sp³-hybridized carbons (Fsp3) is 0.227. The number of benzene rings is 2. The number of hydrogen-bond acceptors (Lipinski definition) is 3. The molecule has 1 fully saturated rings. The van der Waals surface area contributed by atoms with E-state index < -0.39 is 0 Å². The van der Waals surface area contributed by atoms with Gasteiger partial charge in [0.1, 0.15) is 0 Å². The number of anilines is 1. The fourth-order valence-electron chi connectivity index (χ4n) is 3.56. The first-order valence-corrected chi connectivity index (χ1v) is 9.09. The Balaban J connectivity index is 1.48. The van der Waals surface area contributed by atoms with Crippen molar-refractivity contribution in [1.29, 1.82) is 0 Å². The Hall–Kier alpha value is -3.21. The second-order valence-electron chi connectivity index (χ2n) is 6.98. The van der Waals surface area contributed by atoms with Gasteiger partial charge in [0, 0.05) is 31.1 Å². The van der Waals surface area contributed by atoms with Crippen molar-refractivity contribution in [2.75, 3.05) is 11.9 Å². The molecule has 136 valence electrons. The Labute approximate surface area is 158 Å². The minimum Gasteiger partial charge on any atom is -0.338 e. The summed E-state index contributed by atoms with van der Waals surface area (Å²) >= 11 is 0. The molecule has 2 amide bonds. The zero-order valence-electron chi connectivity index (χ0n) is 15.2. The lowest BCUT2D eigenvalue weighted by molar-refractivity contribution is -0.128. The number of pyridine rings is 1. The van der Waals surface area contributed by atoms with Crippen LogP contribution in [0.25, 0.3) is 10.9 Å². The summed E-state index contributed by atoms with van der Waals surface area (Å²) in [7, 11) is 0. The first-order chi connectivity index (χ1) is 13.1. The van der Waals surface area contributed by atoms with Crippen molar-refractivity contribution in [2.24, 2.45) is 5.92 Å². The smallest absolute Gasteiger partial charge is 0.229 e. The summed E-state index contributed by atoms with van der Waals surface area (Å²) in [4.78, 5) is 31.3. The molecule has 5 heteroatoms. The molecule has 0 spiro atoms. The van der Waals surface area contributed by atoms with Gasteiger partial charge < -0.3 is 10.2 Å². The molecule has 0 bridgehead atoms. The lowest BCUT2D eigenvalue weighted by atomic mass is 10.1. The van der Waals surface area contributed by atoms with E-state index in [4.69, 9.17) is 0 Å². The SMILES string of the molecule is Cc1ccc(NC(=O)C2CC(=O)N(Cc3ccccc3)C2)c2cccnc12. The van der Waals surface area contributed by atoms with Gasteiger partial charge >= 0.3 is 0 Å². The van der Waals surface area contributed by atoms with Gasteiger partial charge in [0.2, 0.25) is 11.8 Å². The molecule has 0 radical (unpaired) electrons. The van der Waals surface area contributed by atoms with E-state index in [1.807, 2.05) is 61.5 Å². The lowest BCUT2D eigenvalue weighted by Gasteiger charge is -2.17. The maximum Gasteiger partial charge on any atom is 0.229 e. The van der Waals surface area contributed by atoms with Crippen LogP contribution in [0.4, 0.5) is 5.69 Å². The molecule has 4 rings (SSSR count). The Kier molecular flexibility index (Phi) is 4.59. The van der Waals surface area contributed by atoms with Crippen molar-refractivity contribution in [1.82, 2.24) is 9.88 Å². The molecule has 1 aliphatic heterocycles. The molecular weight excluding hydrogens is 338 g/mol. The number of amides is 2. The maximum atomic E-state index is 12.8. The van der Waals surface area contributed by atoms with Gasteiger partial charge in [-0.15, -0.1) is 0 Å². The van der Waals surface area contributed by atoms with E-state index in [1.165, 1.54) is 0 Å². The molecule has 2 heterocycles. The van der Waals surface area contributed by atoms with Gasteiger partial charge in [0.15, 0.2) is 0 Å². The number of nitrogens with one attached hydrogen (secondary N) is 1. The van der Waals surface area contributed by atoms with Crippen molar-refractivity contribution >= 4 is 28.4 Å². The van der Waals surface area contributed by atoms with Crippen molar-refractivity contribution in [3.63, 3.8) is 0 Å². The molecule has 27 heavy (non-hydrogen) atoms. The molecular formula is C22H21N3O2. The number of fused-ring (bicyclic) bond motifs is 1. The average molecular weight is 359 g/mol. The summed E-state index contributed by atoms with van der Waals surface area (Å²) < 4.78 is 0. The molecule has 3 aromatic rings. The first-order valence-electron chi connectivity index (χ1n) is 9.09. The van der Waals surface area contributed by atoms with Crippen molar-refractivity contribution < 1.29 is 9.59 Å². The maximum absolute atomic E-state index is 12.8. The molecule has 5 nitrogen and oxygen atoms in total. The van der Waals surface area contributed by atoms with Crippen molar-refractivity contribution in [3.8, 4) is 0 Å². The zero-order valence-corrected chi connectivity index (χ0v) is 15.2. The predicted octanol–water partition coefficient (Wildman–Crippen LogP) is 3.53. The standard InChI is InChI=1S/C22H21N3O2/c1-15-9-10-19(18-8-5-11-23-21(15)18)24-22(27)17-12-20(26)25(14-17)13-16-6-3-2-4-7-16/h2-11,17H,12-14H2,1H3,(H,24,27). The van der Waals surface area contributed by atoms with Crippen LogP contribution in [0.5, 0.6) is 0 Å². The van der Waals surface area contributed by atoms with E-state index in [0.29, 0.717) is 13.1 Å². The van der Waals surface area contributed by atoms with Crippen LogP contribution in [-0.2, 0) is 16.1 Å². The molecule has 1 unspecified atom stereocenters. The van der Waals surface area contributed by atoms with Gasteiger partial charge in [0.05, 0.1) is 17.1 Å². The highest BCUT2D eigenvalue weighted by Gasteiger charge is 2.34. The van der Waals surface area contributed by atoms with Crippen molar-refractivity contribution in [2.45, 2.75) is 19.9 Å². The summed E-state index contributed by atoms with van der Waals surface area (Å²) in [6.07, 6.45) is 2.00. The fourth-order valence-corrected chi connectivity index (χ4v) is 3.56. The molecule has 0 aliphatic carbocycles. The van der Waals surface area contributed by atoms with Crippen LogP contribution >= 0.6 is 0 Å². The number of aryl methyl sites for hydroxylation is 1. The topological polar surface area (TPSA) is 62.3 Å². The third-order valence-corrected chi connectivity index (χ3v) is 5.03. The Morgan fingerprint density at radius 3 is 2.78 bits per heavy atom. The van der Waals surface area contributed by atoms with Gasteiger partial charge in [-0.05, 0) is 36.2 Å². The van der Waals surface area contributed by atoms with Crippen molar-refractivity contribution in [3.05, 3.63) is 71.9 Å². The van der Waals surface area contributed by atoms with Gasteiger partial charge in [-0.1, -0.05) is 36.4 Å². The highest BCUT2D eigenvalue weighted by Crippen LogP contribution is 2.27. The highest BCUT2D eigenvalue weighted by molar-refractivity contribution is 6.04. The first kappa shape index (κ1) is 17.2. The number of aromatic nitrogens is 1. The second kappa shape index (κ2) is 7.19. The minimum absolute atomic E-state index is 0.0226. The molecule has 1 atom stereocenters. The minimum atomic E-state index is -0.339. The predicted molar refractivity (Wildman–Crippen MR) is 105 cm³/mol. The van der Waals surface area contributed by atoms with Crippen LogP contribution in [-0.4, -0.2) is 28.2 Å². The quantitative estimate of drug-likeness (QED) is 0.775. The molecule has 2 aromatic carbocycles. The van der Waals surface area contributed by atoms with Crippen LogP contribution in [0.3, 0.4) is 0 Å². The normalized spacial score (nSPS) is 16.7. The van der Waals surface area contributed by atoms with Gasteiger partial charge in [-0.3, -0.25) is 14.6 Å². The highest BCUT2D eigenvalue weighted by atomic mass is 16.2. The largest absolute Gasteiger partial charge is 0.338 e. The van der Waals surface area contributed by atoms with Crippen LogP contribution in [0.1, 0.15) is 17.5 Å². The van der Waals surface area contributed by atoms with Gasteiger partial charge in [-0.2, -0.15) is 0 Å². The Morgan fingerprint density at radius 1 is 1.15 bits per heavy atom. The molecule has 1 aromatic heterocycles. The van der Waals surface area contributed by atoms with E-state index in [9.17, 15) is 9.59 Å². The van der Waals surface area contributed by atoms with Gasteiger partial charge in [0.25, 0.3) is 0 Å². The Morgan fingerprint density at radius 2 is 1.96 bits per heavy atom. The number of carbonyl (C=O) groups is 2. The zero-order chi connectivity index (χ0) is 18.8. The van der Waals surface area contributed by atoms with E-state index in [2.05, 4.69) is 10.3 Å². The number of hydrogen-bond donors (Lipinski definition) is 1. The monoisotopic (exact) mass is 359 g/mol. The van der Waals surface area contributed by atoms with Crippen LogP contribution in [0.15, 0.2) is 60.8 Å². The number of carbonyl (C=O) groups excluding carboxylic acids is 2. The summed E-state index contributed by atoms with van der Waals surface area (Å²) in [5, 5.41) is 3.91. The number of nitrogens with zero attached hydrogens (tertiary/aromatic N) is 2. The lowest BCUT2D eigenvalue weighted by Crippen LogP contribution is -2.28. The average Bonchev–Trinajstić information content (AvgIpc) is 3.06. The van der Waals surface area contributed by atoms with Crippen LogP contribution in [0, 0.1) is 12.8 Å². The summed E-state index contributed by atoms with van der Waals surface area (Å²) in [6.45, 7) is 2.99. The number of likely N-dealkylation sites (tertiary alicyclic amines) is 1.